The highest BCUT2D eigenvalue weighted by Gasteiger charge is 2.33. The summed E-state index contributed by atoms with van der Waals surface area (Å²) in [7, 11) is 0. The van der Waals surface area contributed by atoms with Crippen LogP contribution in [0, 0.1) is 5.41 Å². The Morgan fingerprint density at radius 1 is 1.35 bits per heavy atom. The standard InChI is InChI=1S/C17H25NO2/c1-4-15-12-20-11-10-18(15)13-17(2,3)16(19)14-8-6-5-7-9-14/h5-9,15H,4,10-13H2,1-3H3. The summed E-state index contributed by atoms with van der Waals surface area (Å²) in [5.41, 5.74) is 0.436. The highest BCUT2D eigenvalue weighted by molar-refractivity contribution is 6.00. The monoisotopic (exact) mass is 275 g/mol. The molecule has 0 spiro atoms. The van der Waals surface area contributed by atoms with Gasteiger partial charge in [-0.1, -0.05) is 51.1 Å². The molecule has 0 aliphatic carbocycles. The van der Waals surface area contributed by atoms with Crippen LogP contribution in [0.15, 0.2) is 30.3 Å². The highest BCUT2D eigenvalue weighted by atomic mass is 16.5. The van der Waals surface area contributed by atoms with E-state index in [9.17, 15) is 4.79 Å². The van der Waals surface area contributed by atoms with Crippen molar-refractivity contribution >= 4 is 5.78 Å². The molecule has 1 heterocycles. The SMILES string of the molecule is CCC1COCCN1CC(C)(C)C(=O)c1ccccc1. The van der Waals surface area contributed by atoms with Crippen molar-refractivity contribution in [3.63, 3.8) is 0 Å². The number of ketones is 1. The predicted molar refractivity (Wildman–Crippen MR) is 81.0 cm³/mol. The number of hydrogen-bond acceptors (Lipinski definition) is 3. The molecular weight excluding hydrogens is 250 g/mol. The van der Waals surface area contributed by atoms with Crippen LogP contribution in [0.3, 0.4) is 0 Å². The van der Waals surface area contributed by atoms with Crippen LogP contribution in [0.25, 0.3) is 0 Å². The van der Waals surface area contributed by atoms with Crippen molar-refractivity contribution in [1.29, 1.82) is 0 Å². The molecular formula is C17H25NO2. The van der Waals surface area contributed by atoms with Crippen molar-refractivity contribution in [1.82, 2.24) is 4.90 Å². The molecule has 0 amide bonds. The fraction of sp³-hybridized carbons (Fsp3) is 0.588. The molecule has 1 unspecified atom stereocenters. The van der Waals surface area contributed by atoms with Gasteiger partial charge >= 0.3 is 0 Å². The molecule has 1 saturated heterocycles. The van der Waals surface area contributed by atoms with Crippen LogP contribution >= 0.6 is 0 Å². The van der Waals surface area contributed by atoms with Gasteiger partial charge in [0.2, 0.25) is 0 Å². The largest absolute Gasteiger partial charge is 0.378 e. The number of rotatable bonds is 5. The minimum Gasteiger partial charge on any atom is -0.378 e. The van der Waals surface area contributed by atoms with Crippen molar-refractivity contribution in [2.75, 3.05) is 26.3 Å². The Kier molecular flexibility index (Phi) is 4.95. The number of hydrogen-bond donors (Lipinski definition) is 0. The molecule has 1 aliphatic heterocycles. The summed E-state index contributed by atoms with van der Waals surface area (Å²) < 4.78 is 5.54. The summed E-state index contributed by atoms with van der Waals surface area (Å²) in [5.74, 6) is 0.222. The number of carbonyl (C=O) groups is 1. The zero-order valence-electron chi connectivity index (χ0n) is 12.8. The fourth-order valence-corrected chi connectivity index (χ4v) is 2.83. The van der Waals surface area contributed by atoms with Crippen LogP contribution < -0.4 is 0 Å². The first-order valence-electron chi connectivity index (χ1n) is 7.46. The van der Waals surface area contributed by atoms with E-state index in [1.807, 2.05) is 44.2 Å². The molecule has 0 radical (unpaired) electrons. The first-order chi connectivity index (χ1) is 9.54. The Hall–Kier alpha value is -1.19. The molecule has 2 rings (SSSR count). The molecule has 1 atom stereocenters. The molecule has 1 aromatic carbocycles. The van der Waals surface area contributed by atoms with Crippen molar-refractivity contribution in [3.05, 3.63) is 35.9 Å². The van der Waals surface area contributed by atoms with Crippen LogP contribution in [0.5, 0.6) is 0 Å². The first kappa shape index (κ1) is 15.2. The van der Waals surface area contributed by atoms with E-state index in [2.05, 4.69) is 11.8 Å². The lowest BCUT2D eigenvalue weighted by Crippen LogP contribution is -2.50. The van der Waals surface area contributed by atoms with Crippen LogP contribution in [0.1, 0.15) is 37.6 Å². The van der Waals surface area contributed by atoms with Gasteiger partial charge in [0.15, 0.2) is 5.78 Å². The molecule has 3 heteroatoms. The smallest absolute Gasteiger partial charge is 0.169 e. The van der Waals surface area contributed by atoms with E-state index in [1.54, 1.807) is 0 Å². The maximum Gasteiger partial charge on any atom is 0.169 e. The second kappa shape index (κ2) is 6.51. The van der Waals surface area contributed by atoms with E-state index >= 15 is 0 Å². The minimum absolute atomic E-state index is 0.222. The summed E-state index contributed by atoms with van der Waals surface area (Å²) >= 11 is 0. The van der Waals surface area contributed by atoms with Gasteiger partial charge in [-0.3, -0.25) is 9.69 Å². The normalized spacial score (nSPS) is 20.9. The predicted octanol–water partition coefficient (Wildman–Crippen LogP) is 3.01. The van der Waals surface area contributed by atoms with Gasteiger partial charge in [0, 0.05) is 30.1 Å². The van der Waals surface area contributed by atoms with Gasteiger partial charge in [0.25, 0.3) is 0 Å². The Morgan fingerprint density at radius 2 is 2.05 bits per heavy atom. The van der Waals surface area contributed by atoms with E-state index in [4.69, 9.17) is 4.74 Å². The van der Waals surface area contributed by atoms with E-state index in [0.29, 0.717) is 6.04 Å². The minimum atomic E-state index is -0.369. The Morgan fingerprint density at radius 3 is 2.70 bits per heavy atom. The summed E-state index contributed by atoms with van der Waals surface area (Å²) in [6.07, 6.45) is 1.07. The molecule has 110 valence electrons. The topological polar surface area (TPSA) is 29.5 Å². The maximum absolute atomic E-state index is 12.7. The highest BCUT2D eigenvalue weighted by Crippen LogP contribution is 2.25. The molecule has 0 bridgehead atoms. The van der Waals surface area contributed by atoms with Gasteiger partial charge in [0.05, 0.1) is 13.2 Å². The summed E-state index contributed by atoms with van der Waals surface area (Å²) in [6, 6.07) is 10.0. The third-order valence-corrected chi connectivity index (χ3v) is 4.07. The number of ether oxygens (including phenoxy) is 1. The lowest BCUT2D eigenvalue weighted by molar-refractivity contribution is -0.0213. The molecule has 1 fully saturated rings. The van der Waals surface area contributed by atoms with E-state index in [0.717, 1.165) is 38.3 Å². The van der Waals surface area contributed by atoms with Crippen molar-refractivity contribution in [2.45, 2.75) is 33.2 Å². The average molecular weight is 275 g/mol. The lowest BCUT2D eigenvalue weighted by Gasteiger charge is -2.39. The Bertz CT molecular complexity index is 442. The lowest BCUT2D eigenvalue weighted by atomic mass is 9.83. The van der Waals surface area contributed by atoms with Crippen LogP contribution in [0.4, 0.5) is 0 Å². The average Bonchev–Trinajstić information content (AvgIpc) is 2.47. The van der Waals surface area contributed by atoms with Gasteiger partial charge in [-0.15, -0.1) is 0 Å². The van der Waals surface area contributed by atoms with Gasteiger partial charge in [-0.25, -0.2) is 0 Å². The maximum atomic E-state index is 12.7. The third kappa shape index (κ3) is 3.47. The third-order valence-electron chi connectivity index (χ3n) is 4.07. The molecule has 0 aromatic heterocycles. The van der Waals surface area contributed by atoms with E-state index in [-0.39, 0.29) is 11.2 Å². The number of benzene rings is 1. The van der Waals surface area contributed by atoms with Gasteiger partial charge in [-0.05, 0) is 6.42 Å². The van der Waals surface area contributed by atoms with E-state index < -0.39 is 0 Å². The molecule has 1 aromatic rings. The van der Waals surface area contributed by atoms with Crippen molar-refractivity contribution in [2.24, 2.45) is 5.41 Å². The number of morpholine rings is 1. The quantitative estimate of drug-likeness (QED) is 0.774. The number of nitrogens with zero attached hydrogens (tertiary/aromatic N) is 1. The molecule has 20 heavy (non-hydrogen) atoms. The summed E-state index contributed by atoms with van der Waals surface area (Å²) in [5, 5.41) is 0. The fourth-order valence-electron chi connectivity index (χ4n) is 2.83. The van der Waals surface area contributed by atoms with Gasteiger partial charge in [-0.2, -0.15) is 0 Å². The second-order valence-electron chi connectivity index (χ2n) is 6.19. The Labute approximate surface area is 121 Å². The zero-order valence-corrected chi connectivity index (χ0v) is 12.8. The van der Waals surface area contributed by atoms with E-state index in [1.165, 1.54) is 0 Å². The van der Waals surface area contributed by atoms with Crippen molar-refractivity contribution < 1.29 is 9.53 Å². The van der Waals surface area contributed by atoms with Gasteiger partial charge < -0.3 is 4.74 Å². The molecule has 3 nitrogen and oxygen atoms in total. The Balaban J connectivity index is 2.08. The summed E-state index contributed by atoms with van der Waals surface area (Å²) in [4.78, 5) is 15.1. The van der Waals surface area contributed by atoms with Crippen LogP contribution in [-0.2, 0) is 4.74 Å². The number of Topliss-reactive ketones (excluding diaryl/α,β-unsaturated/α-hetero) is 1. The molecule has 1 aliphatic rings. The number of carbonyl (C=O) groups excluding carboxylic acids is 1. The summed E-state index contributed by atoms with van der Waals surface area (Å²) in [6.45, 7) is 9.54. The first-order valence-corrected chi connectivity index (χ1v) is 7.46. The van der Waals surface area contributed by atoms with Crippen LogP contribution in [-0.4, -0.2) is 43.0 Å². The van der Waals surface area contributed by atoms with Gasteiger partial charge in [0.1, 0.15) is 0 Å². The molecule has 0 saturated carbocycles. The van der Waals surface area contributed by atoms with Crippen LogP contribution in [0.2, 0.25) is 0 Å². The second-order valence-corrected chi connectivity index (χ2v) is 6.19. The van der Waals surface area contributed by atoms with Crippen molar-refractivity contribution in [3.8, 4) is 0 Å². The molecule has 0 N–H and O–H groups in total. The zero-order chi connectivity index (χ0) is 14.6.